The van der Waals surface area contributed by atoms with E-state index in [2.05, 4.69) is 10.1 Å². The number of halogens is 1. The highest BCUT2D eigenvalue weighted by molar-refractivity contribution is 5.88. The first kappa shape index (κ1) is 11.8. The molecule has 0 amide bonds. The van der Waals surface area contributed by atoms with E-state index in [0.717, 1.165) is 18.7 Å². The van der Waals surface area contributed by atoms with Crippen molar-refractivity contribution in [1.82, 2.24) is 14.8 Å². The minimum Gasteiger partial charge on any atom is -0.478 e. The van der Waals surface area contributed by atoms with Crippen LogP contribution in [0.25, 0.3) is 5.69 Å². The van der Waals surface area contributed by atoms with Crippen LogP contribution in [0, 0.1) is 12.7 Å². The van der Waals surface area contributed by atoms with E-state index in [1.54, 1.807) is 13.3 Å². The maximum absolute atomic E-state index is 13.5. The Bertz CT molecular complexity index is 662. The molecule has 0 spiro atoms. The predicted octanol–water partition coefficient (Wildman–Crippen LogP) is 2.29. The number of rotatable bonds is 3. The highest BCUT2D eigenvalue weighted by Gasteiger charge is 2.27. The highest BCUT2D eigenvalue weighted by atomic mass is 19.1. The minimum absolute atomic E-state index is 0.357. The van der Waals surface area contributed by atoms with Gasteiger partial charge in [-0.05, 0) is 37.5 Å². The summed E-state index contributed by atoms with van der Waals surface area (Å²) in [6.45, 7) is 1.71. The smallest absolute Gasteiger partial charge is 0.338 e. The summed E-state index contributed by atoms with van der Waals surface area (Å²) in [5, 5.41) is 13.3. The first-order valence-corrected chi connectivity index (χ1v) is 6.01. The first-order valence-electron chi connectivity index (χ1n) is 6.01. The van der Waals surface area contributed by atoms with Gasteiger partial charge in [0.15, 0.2) is 5.82 Å². The minimum atomic E-state index is -1.29. The van der Waals surface area contributed by atoms with Gasteiger partial charge in [-0.1, -0.05) is 0 Å². The lowest BCUT2D eigenvalue weighted by Crippen LogP contribution is -2.06. The van der Waals surface area contributed by atoms with Crippen molar-refractivity contribution in [2.24, 2.45) is 0 Å². The molecular formula is C13H12FN3O2. The van der Waals surface area contributed by atoms with Crippen LogP contribution in [0.3, 0.4) is 0 Å². The number of carboxylic acids is 1. The van der Waals surface area contributed by atoms with E-state index in [0.29, 0.717) is 17.2 Å². The zero-order chi connectivity index (χ0) is 13.6. The van der Waals surface area contributed by atoms with Gasteiger partial charge in [0.2, 0.25) is 0 Å². The highest BCUT2D eigenvalue weighted by Crippen LogP contribution is 2.37. The lowest BCUT2D eigenvalue weighted by Gasteiger charge is -2.07. The number of aromatic nitrogens is 3. The molecule has 98 valence electrons. The van der Waals surface area contributed by atoms with Gasteiger partial charge in [-0.2, -0.15) is 5.10 Å². The van der Waals surface area contributed by atoms with Gasteiger partial charge in [0.1, 0.15) is 12.1 Å². The lowest BCUT2D eigenvalue weighted by atomic mass is 10.1. The maximum atomic E-state index is 13.5. The Balaban J connectivity index is 2.07. The molecule has 1 aliphatic carbocycles. The topological polar surface area (TPSA) is 68.0 Å². The number of carboxylic acid groups (broad SMARTS) is 1. The predicted molar refractivity (Wildman–Crippen MR) is 65.0 cm³/mol. The SMILES string of the molecule is Cc1cc(F)c(C(=O)O)cc1-n1cnc(C2CC2)n1. The van der Waals surface area contributed by atoms with Crippen molar-refractivity contribution in [3.8, 4) is 5.69 Å². The summed E-state index contributed by atoms with van der Waals surface area (Å²) in [6.07, 6.45) is 3.72. The molecule has 0 radical (unpaired) electrons. The molecule has 3 rings (SSSR count). The van der Waals surface area contributed by atoms with Gasteiger partial charge in [0, 0.05) is 5.92 Å². The van der Waals surface area contributed by atoms with Gasteiger partial charge in [0.25, 0.3) is 0 Å². The van der Waals surface area contributed by atoms with Crippen molar-refractivity contribution in [2.45, 2.75) is 25.7 Å². The largest absolute Gasteiger partial charge is 0.478 e. The number of aryl methyl sites for hydroxylation is 1. The number of hydrogen-bond acceptors (Lipinski definition) is 3. The molecule has 0 saturated heterocycles. The Morgan fingerprint density at radius 3 is 2.84 bits per heavy atom. The molecule has 1 aromatic heterocycles. The lowest BCUT2D eigenvalue weighted by molar-refractivity contribution is 0.0692. The third-order valence-electron chi connectivity index (χ3n) is 3.21. The van der Waals surface area contributed by atoms with Crippen molar-refractivity contribution in [3.63, 3.8) is 0 Å². The van der Waals surface area contributed by atoms with E-state index in [-0.39, 0.29) is 5.56 Å². The molecule has 5 nitrogen and oxygen atoms in total. The average Bonchev–Trinajstić information content (AvgIpc) is 3.08. The molecule has 0 atom stereocenters. The van der Waals surface area contributed by atoms with E-state index < -0.39 is 11.8 Å². The third kappa shape index (κ3) is 2.09. The number of nitrogens with zero attached hydrogens (tertiary/aromatic N) is 3. The van der Waals surface area contributed by atoms with E-state index in [1.165, 1.54) is 16.8 Å². The molecule has 19 heavy (non-hydrogen) atoms. The number of hydrogen-bond donors (Lipinski definition) is 1. The molecule has 0 aliphatic heterocycles. The Morgan fingerprint density at radius 2 is 2.21 bits per heavy atom. The zero-order valence-electron chi connectivity index (χ0n) is 10.3. The fourth-order valence-corrected chi connectivity index (χ4v) is 1.99. The molecule has 6 heteroatoms. The van der Waals surface area contributed by atoms with E-state index in [1.807, 2.05) is 0 Å². The molecule has 1 saturated carbocycles. The number of carbonyl (C=O) groups is 1. The van der Waals surface area contributed by atoms with Crippen molar-refractivity contribution in [3.05, 3.63) is 41.2 Å². The molecule has 1 aromatic carbocycles. The average molecular weight is 261 g/mol. The van der Waals surface area contributed by atoms with Crippen LogP contribution in [0.5, 0.6) is 0 Å². The third-order valence-corrected chi connectivity index (χ3v) is 3.21. The van der Waals surface area contributed by atoms with Crippen LogP contribution in [-0.4, -0.2) is 25.8 Å². The second-order valence-corrected chi connectivity index (χ2v) is 4.75. The summed E-state index contributed by atoms with van der Waals surface area (Å²) in [6, 6.07) is 2.50. The summed E-state index contributed by atoms with van der Waals surface area (Å²) in [4.78, 5) is 15.2. The van der Waals surface area contributed by atoms with Crippen LogP contribution in [-0.2, 0) is 0 Å². The standard InChI is InChI=1S/C13H12FN3O2/c1-7-4-10(14)9(13(18)19)5-11(7)17-6-15-12(16-17)8-2-3-8/h4-6,8H,2-3H2,1H3,(H,18,19). The van der Waals surface area contributed by atoms with Gasteiger partial charge in [-0.25, -0.2) is 18.9 Å². The van der Waals surface area contributed by atoms with Gasteiger partial charge < -0.3 is 5.11 Å². The van der Waals surface area contributed by atoms with Crippen molar-refractivity contribution in [1.29, 1.82) is 0 Å². The van der Waals surface area contributed by atoms with Crippen LogP contribution in [0.1, 0.15) is 40.5 Å². The molecule has 0 unspecified atom stereocenters. The van der Waals surface area contributed by atoms with Gasteiger partial charge in [-0.3, -0.25) is 0 Å². The van der Waals surface area contributed by atoms with Crippen LogP contribution in [0.4, 0.5) is 4.39 Å². The van der Waals surface area contributed by atoms with Crippen LogP contribution in [0.15, 0.2) is 18.5 Å². The van der Waals surface area contributed by atoms with Crippen LogP contribution < -0.4 is 0 Å². The molecular weight excluding hydrogens is 249 g/mol. The first-order chi connectivity index (χ1) is 9.06. The van der Waals surface area contributed by atoms with Crippen molar-refractivity contribution >= 4 is 5.97 Å². The van der Waals surface area contributed by atoms with Crippen LogP contribution >= 0.6 is 0 Å². The fraction of sp³-hybridized carbons (Fsp3) is 0.308. The fourth-order valence-electron chi connectivity index (χ4n) is 1.99. The van der Waals surface area contributed by atoms with Gasteiger partial charge >= 0.3 is 5.97 Å². The van der Waals surface area contributed by atoms with E-state index in [4.69, 9.17) is 5.11 Å². The summed E-state index contributed by atoms with van der Waals surface area (Å²) in [5.41, 5.74) is 0.803. The maximum Gasteiger partial charge on any atom is 0.338 e. The van der Waals surface area contributed by atoms with Crippen LogP contribution in [0.2, 0.25) is 0 Å². The Morgan fingerprint density at radius 1 is 1.47 bits per heavy atom. The zero-order valence-corrected chi connectivity index (χ0v) is 10.3. The molecule has 1 N–H and O–H groups in total. The van der Waals surface area contributed by atoms with E-state index in [9.17, 15) is 9.18 Å². The molecule has 0 bridgehead atoms. The second-order valence-electron chi connectivity index (χ2n) is 4.75. The summed E-state index contributed by atoms with van der Waals surface area (Å²) in [7, 11) is 0. The molecule has 1 aliphatic rings. The molecule has 2 aromatic rings. The van der Waals surface area contributed by atoms with E-state index >= 15 is 0 Å². The Labute approximate surface area is 108 Å². The molecule has 1 heterocycles. The number of benzene rings is 1. The van der Waals surface area contributed by atoms with Gasteiger partial charge in [-0.15, -0.1) is 0 Å². The van der Waals surface area contributed by atoms with Gasteiger partial charge in [0.05, 0.1) is 11.3 Å². The summed E-state index contributed by atoms with van der Waals surface area (Å²) < 4.78 is 15.0. The monoisotopic (exact) mass is 261 g/mol. The quantitative estimate of drug-likeness (QED) is 0.920. The normalized spacial score (nSPS) is 14.6. The van der Waals surface area contributed by atoms with Crippen molar-refractivity contribution in [2.75, 3.05) is 0 Å². The number of aromatic carboxylic acids is 1. The summed E-state index contributed by atoms with van der Waals surface area (Å²) >= 11 is 0. The second kappa shape index (κ2) is 4.15. The Hall–Kier alpha value is -2.24. The molecule has 1 fully saturated rings. The Kier molecular flexibility index (Phi) is 2.58. The van der Waals surface area contributed by atoms with Crippen molar-refractivity contribution < 1.29 is 14.3 Å². The summed E-state index contributed by atoms with van der Waals surface area (Å²) in [5.74, 6) is -0.848.